The maximum atomic E-state index is 12.8. The first-order valence-electron chi connectivity index (χ1n) is 13.3. The number of hydrogen-bond acceptors (Lipinski definition) is 4. The van der Waals surface area contributed by atoms with Gasteiger partial charge in [0.15, 0.2) is 0 Å². The van der Waals surface area contributed by atoms with Gasteiger partial charge in [-0.15, -0.1) is 6.58 Å². The molecule has 1 aliphatic carbocycles. The predicted octanol–water partition coefficient (Wildman–Crippen LogP) is 5.18. The molecule has 0 spiro atoms. The molecule has 35 heavy (non-hydrogen) atoms. The summed E-state index contributed by atoms with van der Waals surface area (Å²) < 4.78 is 5.57. The van der Waals surface area contributed by atoms with Crippen LogP contribution in [0.3, 0.4) is 0 Å². The molecular weight excluding hydrogens is 434 g/mol. The molecule has 2 aromatic rings. The number of nitrogens with one attached hydrogen (secondary N) is 1. The quantitative estimate of drug-likeness (QED) is 0.537. The highest BCUT2D eigenvalue weighted by molar-refractivity contribution is 5.94. The van der Waals surface area contributed by atoms with Gasteiger partial charge in [-0.3, -0.25) is 14.6 Å². The predicted molar refractivity (Wildman–Crippen MR) is 141 cm³/mol. The van der Waals surface area contributed by atoms with Crippen molar-refractivity contribution in [3.8, 4) is 5.75 Å². The third-order valence-corrected chi connectivity index (χ3v) is 8.20. The molecule has 5 rings (SSSR count). The van der Waals surface area contributed by atoms with Gasteiger partial charge < -0.3 is 10.1 Å². The Morgan fingerprint density at radius 1 is 1.03 bits per heavy atom. The third-order valence-electron chi connectivity index (χ3n) is 8.20. The number of fused-ring (bicyclic) bond motifs is 2. The van der Waals surface area contributed by atoms with Gasteiger partial charge in [0, 0.05) is 43.3 Å². The highest BCUT2D eigenvalue weighted by atomic mass is 16.5. The van der Waals surface area contributed by atoms with E-state index < -0.39 is 0 Å². The van der Waals surface area contributed by atoms with Crippen LogP contribution in [0.25, 0.3) is 0 Å². The average Bonchev–Trinajstić information content (AvgIpc) is 3.38. The van der Waals surface area contributed by atoms with E-state index in [0.29, 0.717) is 18.1 Å². The molecule has 1 saturated carbocycles. The molecule has 3 fully saturated rings. The molecule has 5 nitrogen and oxygen atoms in total. The average molecular weight is 474 g/mol. The van der Waals surface area contributed by atoms with E-state index in [0.717, 1.165) is 43.8 Å². The minimum absolute atomic E-state index is 0.0500. The van der Waals surface area contributed by atoms with Crippen molar-refractivity contribution in [2.75, 3.05) is 26.7 Å². The van der Waals surface area contributed by atoms with Crippen LogP contribution in [0.1, 0.15) is 72.5 Å². The summed E-state index contributed by atoms with van der Waals surface area (Å²) in [6, 6.07) is 18.4. The van der Waals surface area contributed by atoms with Gasteiger partial charge in [0.25, 0.3) is 5.91 Å². The van der Waals surface area contributed by atoms with Gasteiger partial charge in [-0.1, -0.05) is 49.6 Å². The molecule has 5 heteroatoms. The van der Waals surface area contributed by atoms with Crippen molar-refractivity contribution in [2.24, 2.45) is 0 Å². The number of piperidine rings is 1. The van der Waals surface area contributed by atoms with Crippen LogP contribution in [0.15, 0.2) is 61.2 Å². The summed E-state index contributed by atoms with van der Waals surface area (Å²) in [4.78, 5) is 18.1. The van der Waals surface area contributed by atoms with Gasteiger partial charge in [0.1, 0.15) is 5.75 Å². The van der Waals surface area contributed by atoms with E-state index in [1.54, 1.807) is 7.11 Å². The number of likely N-dealkylation sites (tertiary alicyclic amines) is 1. The number of nitrogens with zero attached hydrogens (tertiary/aromatic N) is 2. The zero-order valence-corrected chi connectivity index (χ0v) is 21.0. The van der Waals surface area contributed by atoms with E-state index in [9.17, 15) is 4.79 Å². The second-order valence-electron chi connectivity index (χ2n) is 10.4. The first-order chi connectivity index (χ1) is 17.2. The summed E-state index contributed by atoms with van der Waals surface area (Å²) in [6.07, 6.45) is 10.5. The molecular formula is C30H39N3O2. The second-order valence-corrected chi connectivity index (χ2v) is 10.4. The summed E-state index contributed by atoms with van der Waals surface area (Å²) in [5.41, 5.74) is 3.21. The van der Waals surface area contributed by atoms with Crippen molar-refractivity contribution < 1.29 is 9.53 Å². The van der Waals surface area contributed by atoms with Crippen molar-refractivity contribution in [1.29, 1.82) is 0 Å². The van der Waals surface area contributed by atoms with Crippen LogP contribution < -0.4 is 10.1 Å². The molecule has 2 aliphatic heterocycles. The van der Waals surface area contributed by atoms with Gasteiger partial charge in [0.2, 0.25) is 0 Å². The summed E-state index contributed by atoms with van der Waals surface area (Å²) in [5.74, 6) is 0.930. The maximum Gasteiger partial charge on any atom is 0.251 e. The van der Waals surface area contributed by atoms with Crippen LogP contribution >= 0.6 is 0 Å². The van der Waals surface area contributed by atoms with E-state index >= 15 is 0 Å². The first-order valence-corrected chi connectivity index (χ1v) is 13.3. The number of piperazine rings is 1. The Morgan fingerprint density at radius 2 is 1.74 bits per heavy atom. The van der Waals surface area contributed by atoms with Gasteiger partial charge >= 0.3 is 0 Å². The Balaban J connectivity index is 1.42. The number of rotatable bonds is 8. The fourth-order valence-corrected chi connectivity index (χ4v) is 6.47. The largest absolute Gasteiger partial charge is 0.497 e. The molecule has 1 N–H and O–H groups in total. The standard InChI is InChI=1S/C30H39N3O2/c1-3-18-33-26-11-7-12-27(33)21-32(20-26)29(24-8-6-13-28(19-24)35-2)22-14-16-23(17-15-22)30(34)31-25-9-4-5-10-25/h3,6,8,13-17,19,25-27,29H,1,4-5,7,9-12,18,20-21H2,2H3,(H,31,34). The van der Waals surface area contributed by atoms with Crippen LogP contribution in [0, 0.1) is 0 Å². The van der Waals surface area contributed by atoms with Crippen molar-refractivity contribution in [3.05, 3.63) is 77.9 Å². The third kappa shape index (κ3) is 5.31. The highest BCUT2D eigenvalue weighted by Crippen LogP contribution is 2.37. The van der Waals surface area contributed by atoms with Crippen LogP contribution in [0.2, 0.25) is 0 Å². The molecule has 0 radical (unpaired) electrons. The van der Waals surface area contributed by atoms with Gasteiger partial charge in [-0.2, -0.15) is 0 Å². The molecule has 3 atom stereocenters. The molecule has 3 aliphatic rings. The number of carbonyl (C=O) groups excluding carboxylic acids is 1. The summed E-state index contributed by atoms with van der Waals surface area (Å²) in [6.45, 7) is 7.05. The van der Waals surface area contributed by atoms with Crippen molar-refractivity contribution in [3.63, 3.8) is 0 Å². The van der Waals surface area contributed by atoms with E-state index in [4.69, 9.17) is 4.74 Å². The smallest absolute Gasteiger partial charge is 0.251 e. The lowest BCUT2D eigenvalue weighted by molar-refractivity contribution is -0.0128. The van der Waals surface area contributed by atoms with Crippen molar-refractivity contribution >= 4 is 5.91 Å². The Hall–Kier alpha value is -2.63. The lowest BCUT2D eigenvalue weighted by Crippen LogP contribution is -2.61. The zero-order valence-electron chi connectivity index (χ0n) is 21.0. The van der Waals surface area contributed by atoms with Crippen LogP contribution in [0.4, 0.5) is 0 Å². The van der Waals surface area contributed by atoms with Crippen molar-refractivity contribution in [2.45, 2.75) is 69.1 Å². The molecule has 0 aromatic heterocycles. The second kappa shape index (κ2) is 11.0. The van der Waals surface area contributed by atoms with Gasteiger partial charge in [-0.05, 0) is 61.1 Å². The number of hydrogen-bond donors (Lipinski definition) is 1. The number of carbonyl (C=O) groups is 1. The SMILES string of the molecule is C=CCN1C2CCCC1CN(C(c1ccc(C(=O)NC3CCCC3)cc1)c1cccc(OC)c1)C2. The molecule has 1 amide bonds. The van der Waals surface area contributed by atoms with Crippen LogP contribution in [0.5, 0.6) is 5.75 Å². The van der Waals surface area contributed by atoms with Crippen LogP contribution in [-0.2, 0) is 0 Å². The lowest BCUT2D eigenvalue weighted by Gasteiger charge is -2.52. The fraction of sp³-hybridized carbons (Fsp3) is 0.500. The minimum Gasteiger partial charge on any atom is -0.497 e. The zero-order chi connectivity index (χ0) is 24.2. The van der Waals surface area contributed by atoms with Gasteiger partial charge in [-0.25, -0.2) is 0 Å². The first kappa shape index (κ1) is 24.1. The van der Waals surface area contributed by atoms with E-state index in [1.165, 1.54) is 43.2 Å². The van der Waals surface area contributed by atoms with Gasteiger partial charge in [0.05, 0.1) is 13.2 Å². The number of methoxy groups -OCH3 is 1. The monoisotopic (exact) mass is 473 g/mol. The van der Waals surface area contributed by atoms with Crippen molar-refractivity contribution in [1.82, 2.24) is 15.1 Å². The topological polar surface area (TPSA) is 44.8 Å². The Kier molecular flexibility index (Phi) is 7.54. The Bertz CT molecular complexity index is 1000. The molecule has 2 saturated heterocycles. The molecule has 2 aromatic carbocycles. The normalized spacial score (nSPS) is 24.1. The molecule has 3 unspecified atom stereocenters. The number of amides is 1. The molecule has 2 heterocycles. The Labute approximate surface area is 210 Å². The maximum absolute atomic E-state index is 12.8. The minimum atomic E-state index is 0.0500. The fourth-order valence-electron chi connectivity index (χ4n) is 6.47. The number of ether oxygens (including phenoxy) is 1. The lowest BCUT2D eigenvalue weighted by atomic mass is 9.87. The van der Waals surface area contributed by atoms with E-state index in [1.807, 2.05) is 18.2 Å². The molecule has 2 bridgehead atoms. The summed E-state index contributed by atoms with van der Waals surface area (Å²) in [7, 11) is 1.73. The van der Waals surface area contributed by atoms with E-state index in [-0.39, 0.29) is 11.9 Å². The Morgan fingerprint density at radius 3 is 2.40 bits per heavy atom. The number of benzene rings is 2. The highest BCUT2D eigenvalue weighted by Gasteiger charge is 2.39. The molecule has 186 valence electrons. The summed E-state index contributed by atoms with van der Waals surface area (Å²) >= 11 is 0. The van der Waals surface area contributed by atoms with Crippen LogP contribution in [-0.4, -0.2) is 60.6 Å². The summed E-state index contributed by atoms with van der Waals surface area (Å²) in [5, 5.41) is 3.22. The van der Waals surface area contributed by atoms with E-state index in [2.05, 4.69) is 58.1 Å².